The fourth-order valence-corrected chi connectivity index (χ4v) is 7.87. The van der Waals surface area contributed by atoms with E-state index in [9.17, 15) is 0 Å². The third-order valence-corrected chi connectivity index (χ3v) is 11.5. The van der Waals surface area contributed by atoms with Crippen LogP contribution in [0.4, 0.5) is 0 Å². The largest absolute Gasteiger partial charge is 1.00 e. The Labute approximate surface area is 415 Å². The molecule has 8 aliphatic rings. The van der Waals surface area contributed by atoms with Crippen molar-refractivity contribution in [3.8, 4) is 0 Å². The molecule has 0 spiro atoms. The second-order valence-electron chi connectivity index (χ2n) is 16.5. The zero-order valence-corrected chi connectivity index (χ0v) is 40.5. The van der Waals surface area contributed by atoms with Gasteiger partial charge in [-0.05, 0) is 0 Å². The van der Waals surface area contributed by atoms with Crippen molar-refractivity contribution in [2.24, 2.45) is 0 Å². The minimum atomic E-state index is 0. The Morgan fingerprint density at radius 1 is 0.365 bits per heavy atom. The van der Waals surface area contributed by atoms with Gasteiger partial charge in [0.15, 0.2) is 0 Å². The summed E-state index contributed by atoms with van der Waals surface area (Å²) in [6.45, 7) is 9.93. The molecule has 7 unspecified atom stereocenters. The van der Waals surface area contributed by atoms with Crippen molar-refractivity contribution in [3.05, 3.63) is 109 Å². The number of allylic oxidation sites excluding steroid dienone is 2. The van der Waals surface area contributed by atoms with Gasteiger partial charge in [-0.25, -0.2) is 49.8 Å². The molecule has 0 aromatic carbocycles. The average Bonchev–Trinajstić information content (AvgIpc) is 3.33. The van der Waals surface area contributed by atoms with Crippen molar-refractivity contribution in [2.45, 2.75) is 178 Å². The van der Waals surface area contributed by atoms with Gasteiger partial charge in [-0.3, -0.25) is 25.8 Å². The number of hydrogen-bond donors (Lipinski definition) is 0. The van der Waals surface area contributed by atoms with Crippen LogP contribution in [-0.4, -0.2) is 122 Å². The first kappa shape index (κ1) is 59.2. The summed E-state index contributed by atoms with van der Waals surface area (Å²) in [7, 11) is 0. The molecule has 7 fully saturated rings. The van der Waals surface area contributed by atoms with Gasteiger partial charge in [0.2, 0.25) is 0 Å². The molecule has 0 bridgehead atoms. The monoisotopic (exact) mass is 1020 g/mol. The maximum atomic E-state index is 4.48. The molecule has 19 heteroatoms. The van der Waals surface area contributed by atoms with Gasteiger partial charge in [0.25, 0.3) is 0 Å². The van der Waals surface area contributed by atoms with Gasteiger partial charge in [-0.1, -0.05) is 147 Å². The van der Waals surface area contributed by atoms with E-state index in [4.69, 9.17) is 0 Å². The van der Waals surface area contributed by atoms with Crippen LogP contribution in [0.5, 0.6) is 0 Å². The fraction of sp³-hybridized carbons (Fsp3) is 0.909. The predicted molar refractivity (Wildman–Crippen MR) is 253 cm³/mol. The summed E-state index contributed by atoms with van der Waals surface area (Å²) in [5, 5.41) is 71.0. The first-order valence-corrected chi connectivity index (χ1v) is 23.8. The van der Waals surface area contributed by atoms with Gasteiger partial charge < -0.3 is 85.1 Å². The molecule has 0 saturated carbocycles. The molecule has 8 aliphatic heterocycles. The van der Waals surface area contributed by atoms with Crippen LogP contribution < -0.4 is 0 Å². The first-order valence-electron chi connectivity index (χ1n) is 23.8. The van der Waals surface area contributed by atoms with Crippen molar-refractivity contribution in [3.63, 3.8) is 0 Å². The second-order valence-corrected chi connectivity index (χ2v) is 16.5. The molecule has 8 heterocycles. The maximum Gasteiger partial charge on any atom is 1.00 e. The molecule has 8 rings (SSSR count). The molecular formula is C44H76Cu3N16-14. The van der Waals surface area contributed by atoms with E-state index in [2.05, 4.69) is 85.1 Å². The Balaban J connectivity index is 0.000000284. The van der Waals surface area contributed by atoms with Gasteiger partial charge in [0, 0.05) is 17.1 Å². The number of piperidine rings is 7. The Morgan fingerprint density at radius 2 is 0.619 bits per heavy atom. The van der Waals surface area contributed by atoms with Crippen LogP contribution in [0.15, 0.2) is 24.0 Å². The Morgan fingerprint density at radius 3 is 0.825 bits per heavy atom. The molecule has 0 aromatic heterocycles. The van der Waals surface area contributed by atoms with Gasteiger partial charge >= 0.3 is 34.1 Å². The van der Waals surface area contributed by atoms with Crippen LogP contribution in [0, 0.1) is 0 Å². The van der Waals surface area contributed by atoms with E-state index in [-0.39, 0.29) is 94.4 Å². The summed E-state index contributed by atoms with van der Waals surface area (Å²) in [5.41, 5.74) is 0. The van der Waals surface area contributed by atoms with Gasteiger partial charge in [-0.2, -0.15) is 0 Å². The van der Waals surface area contributed by atoms with E-state index in [0.29, 0.717) is 26.7 Å². The van der Waals surface area contributed by atoms with E-state index in [1.807, 2.05) is 18.2 Å². The molecule has 0 N–H and O–H groups in total. The van der Waals surface area contributed by atoms with E-state index in [1.54, 1.807) is 0 Å². The fourth-order valence-electron chi connectivity index (χ4n) is 7.87. The first-order chi connectivity index (χ1) is 29.8. The number of hydrogen-bond acceptors (Lipinski definition) is 0. The van der Waals surface area contributed by atoms with E-state index < -0.39 is 0 Å². The SMILES string of the molecule is C1=CC[N-]C([N-]C[N-]C2CCCC[N-]2)=C1.C1CCC([N-]C[N-]C2CCCC[N-]2)[N-]C1.C1CCC([N-]C[N-]C2CCCC[N-]2)[N-]C1.C1CCC([N-]C[N-]C2CCCC[N-]2)[N-]C1.[Cu+].[Cu+].[Cu]. The minimum absolute atomic E-state index is 0. The number of nitrogens with zero attached hydrogens (tertiary/aromatic N) is 16. The van der Waals surface area contributed by atoms with Crippen molar-refractivity contribution >= 4 is 0 Å². The van der Waals surface area contributed by atoms with Crippen LogP contribution in [-0.2, 0) is 51.2 Å². The summed E-state index contributed by atoms with van der Waals surface area (Å²) >= 11 is 0. The third kappa shape index (κ3) is 28.9. The van der Waals surface area contributed by atoms with E-state index in [0.717, 1.165) is 103 Å². The van der Waals surface area contributed by atoms with E-state index >= 15 is 0 Å². The summed E-state index contributed by atoms with van der Waals surface area (Å²) in [4.78, 5) is 0. The Bertz CT molecular complexity index is 930. The molecule has 0 amide bonds. The van der Waals surface area contributed by atoms with Crippen molar-refractivity contribution < 1.29 is 51.2 Å². The van der Waals surface area contributed by atoms with Crippen molar-refractivity contribution in [1.82, 2.24) is 0 Å². The van der Waals surface area contributed by atoms with Crippen LogP contribution in [0.2, 0.25) is 0 Å². The maximum absolute atomic E-state index is 4.48. The van der Waals surface area contributed by atoms with Crippen LogP contribution in [0.1, 0.15) is 135 Å². The second kappa shape index (κ2) is 40.0. The molecule has 7 saturated heterocycles. The van der Waals surface area contributed by atoms with Crippen LogP contribution >= 0.6 is 0 Å². The predicted octanol–water partition coefficient (Wildman–Crippen LogP) is 13.7. The Kier molecular flexibility index (Phi) is 37.6. The van der Waals surface area contributed by atoms with Gasteiger partial charge in [0.05, 0.1) is 0 Å². The molecule has 63 heavy (non-hydrogen) atoms. The third-order valence-electron chi connectivity index (χ3n) is 11.5. The minimum Gasteiger partial charge on any atom is -0.721 e. The normalized spacial score (nSPS) is 29.5. The molecule has 0 aromatic rings. The number of rotatable bonds is 16. The quantitative estimate of drug-likeness (QED) is 0.132. The summed E-state index contributed by atoms with van der Waals surface area (Å²) in [6, 6.07) is 0. The molecule has 379 valence electrons. The molecule has 7 atom stereocenters. The average molecular weight is 1020 g/mol. The van der Waals surface area contributed by atoms with Crippen molar-refractivity contribution in [1.29, 1.82) is 0 Å². The summed E-state index contributed by atoms with van der Waals surface area (Å²) < 4.78 is 0. The standard InChI is InChI=1S/3C11H20N4.C11H16N4.3Cu/c4*1-3-7-12-10(5-1)14-9-15-11-6-2-4-8-13-11;;;/h3*10-11H,1-9H2;1,3,5,11H,2,4,6-9H2;;;/q4*-4;;2*+1. The van der Waals surface area contributed by atoms with Crippen LogP contribution in [0.3, 0.4) is 0 Å². The molecule has 0 aliphatic carbocycles. The van der Waals surface area contributed by atoms with Gasteiger partial charge in [0.1, 0.15) is 0 Å². The smallest absolute Gasteiger partial charge is 0.721 e. The van der Waals surface area contributed by atoms with Crippen LogP contribution in [0.25, 0.3) is 85.1 Å². The van der Waals surface area contributed by atoms with E-state index in [1.165, 1.54) is 89.9 Å². The molecule has 16 nitrogen and oxygen atoms in total. The van der Waals surface area contributed by atoms with Gasteiger partial charge in [-0.15, -0.1) is 58.4 Å². The summed E-state index contributed by atoms with van der Waals surface area (Å²) in [6.07, 6.45) is 32.8. The molecular weight excluding hydrogens is 943 g/mol. The topological polar surface area (TPSA) is 226 Å². The summed E-state index contributed by atoms with van der Waals surface area (Å²) in [5.74, 6) is 0.803. The Hall–Kier alpha value is 0.0784. The molecule has 1 radical (unpaired) electrons. The van der Waals surface area contributed by atoms with Crippen molar-refractivity contribution in [2.75, 3.05) is 79.0 Å². The zero-order chi connectivity index (χ0) is 41.4. The zero-order valence-electron chi connectivity index (χ0n) is 37.7.